The summed E-state index contributed by atoms with van der Waals surface area (Å²) in [5.41, 5.74) is -0.0181. The van der Waals surface area contributed by atoms with Crippen LogP contribution in [0.5, 0.6) is 0 Å². The Labute approximate surface area is 118 Å². The average molecular weight is 339 g/mol. The van der Waals surface area contributed by atoms with Gasteiger partial charge in [0.05, 0.1) is 11.9 Å². The van der Waals surface area contributed by atoms with Gasteiger partial charge in [0, 0.05) is 18.6 Å². The molecule has 0 radical (unpaired) electrons. The maximum absolute atomic E-state index is 13.2. The molecule has 0 aromatic heterocycles. The zero-order valence-corrected chi connectivity index (χ0v) is 11.8. The molecule has 0 N–H and O–H groups in total. The minimum Gasteiger partial charge on any atom is -0.377 e. The lowest BCUT2D eigenvalue weighted by Crippen LogP contribution is -2.03. The molecule has 0 aliphatic carbocycles. The van der Waals surface area contributed by atoms with Crippen molar-refractivity contribution in [3.05, 3.63) is 35.1 Å². The highest BCUT2D eigenvalue weighted by Gasteiger charge is 2.12. The minimum absolute atomic E-state index is 0.0181. The van der Waals surface area contributed by atoms with E-state index in [-0.39, 0.29) is 18.0 Å². The largest absolute Gasteiger partial charge is 0.377 e. The highest BCUT2D eigenvalue weighted by atomic mass is 79.9. The van der Waals surface area contributed by atoms with Gasteiger partial charge in [-0.3, -0.25) is 4.79 Å². The van der Waals surface area contributed by atoms with Crippen molar-refractivity contribution in [1.82, 2.24) is 0 Å². The molecule has 0 saturated carbocycles. The van der Waals surface area contributed by atoms with Crippen LogP contribution in [0.3, 0.4) is 0 Å². The molecule has 106 valence electrons. The van der Waals surface area contributed by atoms with Crippen LogP contribution in [0.4, 0.5) is 13.2 Å². The molecule has 0 heterocycles. The Morgan fingerprint density at radius 1 is 1.16 bits per heavy atom. The molecule has 0 bridgehead atoms. The fraction of sp³-hybridized carbons (Fsp3) is 0.462. The van der Waals surface area contributed by atoms with Gasteiger partial charge in [-0.1, -0.05) is 22.0 Å². The fourth-order valence-corrected chi connectivity index (χ4v) is 1.73. The van der Waals surface area contributed by atoms with Gasteiger partial charge in [-0.15, -0.1) is 0 Å². The Balaban J connectivity index is 2.27. The molecule has 1 rings (SSSR count). The van der Waals surface area contributed by atoms with Gasteiger partial charge in [0.15, 0.2) is 17.5 Å². The standard InChI is InChI=1S/C13H14BrF3O2/c14-7-10(18)3-1-2-6-19-8-9-4-5-11(15)13(17)12(9)16/h4-5H,1-3,6-8H2. The highest BCUT2D eigenvalue weighted by molar-refractivity contribution is 9.09. The molecule has 0 aliphatic rings. The van der Waals surface area contributed by atoms with Crippen LogP contribution in [-0.4, -0.2) is 17.7 Å². The van der Waals surface area contributed by atoms with Crippen LogP contribution in [0.25, 0.3) is 0 Å². The van der Waals surface area contributed by atoms with Crippen LogP contribution in [0.15, 0.2) is 12.1 Å². The number of ketones is 1. The van der Waals surface area contributed by atoms with E-state index in [1.54, 1.807) is 0 Å². The zero-order valence-electron chi connectivity index (χ0n) is 10.2. The van der Waals surface area contributed by atoms with Crippen LogP contribution in [-0.2, 0) is 16.1 Å². The van der Waals surface area contributed by atoms with Gasteiger partial charge in [0.2, 0.25) is 0 Å². The van der Waals surface area contributed by atoms with Gasteiger partial charge in [-0.05, 0) is 18.9 Å². The number of Topliss-reactive ketones (excluding diaryl/α,β-unsaturated/α-hetero) is 1. The molecule has 0 aliphatic heterocycles. The Morgan fingerprint density at radius 2 is 1.89 bits per heavy atom. The molecule has 1 aromatic rings. The average Bonchev–Trinajstić information content (AvgIpc) is 2.41. The second kappa shape index (κ2) is 8.32. The number of hydrogen-bond acceptors (Lipinski definition) is 2. The summed E-state index contributed by atoms with van der Waals surface area (Å²) in [6.45, 7) is 0.226. The molecule has 0 unspecified atom stereocenters. The first kappa shape index (κ1) is 16.2. The summed E-state index contributed by atoms with van der Waals surface area (Å²) in [5, 5.41) is 0.341. The normalized spacial score (nSPS) is 10.7. The van der Waals surface area contributed by atoms with Crippen LogP contribution in [0.2, 0.25) is 0 Å². The Kier molecular flexibility index (Phi) is 7.09. The molecular formula is C13H14BrF3O2. The third kappa shape index (κ3) is 5.32. The smallest absolute Gasteiger partial charge is 0.194 e. The lowest BCUT2D eigenvalue weighted by molar-refractivity contribution is -0.116. The number of rotatable bonds is 8. The predicted molar refractivity (Wildman–Crippen MR) is 68.6 cm³/mol. The van der Waals surface area contributed by atoms with Crippen LogP contribution in [0.1, 0.15) is 24.8 Å². The summed E-state index contributed by atoms with van der Waals surface area (Å²) >= 11 is 3.06. The van der Waals surface area contributed by atoms with Gasteiger partial charge in [-0.25, -0.2) is 13.2 Å². The van der Waals surface area contributed by atoms with E-state index in [4.69, 9.17) is 4.74 Å². The summed E-state index contributed by atoms with van der Waals surface area (Å²) in [6.07, 6.45) is 1.81. The molecule has 6 heteroatoms. The van der Waals surface area contributed by atoms with Gasteiger partial charge in [-0.2, -0.15) is 0 Å². The van der Waals surface area contributed by atoms with Gasteiger partial charge in [0.25, 0.3) is 0 Å². The number of unbranched alkanes of at least 4 members (excludes halogenated alkanes) is 1. The van der Waals surface area contributed by atoms with E-state index >= 15 is 0 Å². The fourth-order valence-electron chi connectivity index (χ4n) is 1.45. The van der Waals surface area contributed by atoms with E-state index in [0.717, 1.165) is 12.1 Å². The monoisotopic (exact) mass is 338 g/mol. The van der Waals surface area contributed by atoms with E-state index in [1.807, 2.05) is 0 Å². The minimum atomic E-state index is -1.48. The van der Waals surface area contributed by atoms with Gasteiger partial charge < -0.3 is 4.74 Å². The van der Waals surface area contributed by atoms with E-state index in [1.165, 1.54) is 0 Å². The second-order valence-electron chi connectivity index (χ2n) is 4.02. The molecule has 19 heavy (non-hydrogen) atoms. The number of carbonyl (C=O) groups excluding carboxylic acids is 1. The van der Waals surface area contributed by atoms with Crippen molar-refractivity contribution in [2.45, 2.75) is 25.9 Å². The van der Waals surface area contributed by atoms with Crippen LogP contribution >= 0.6 is 15.9 Å². The molecule has 0 saturated heterocycles. The van der Waals surface area contributed by atoms with Crippen molar-refractivity contribution < 1.29 is 22.7 Å². The highest BCUT2D eigenvalue weighted by Crippen LogP contribution is 2.16. The van der Waals surface area contributed by atoms with Gasteiger partial charge in [0.1, 0.15) is 5.78 Å². The lowest BCUT2D eigenvalue weighted by Gasteiger charge is -2.06. The maximum atomic E-state index is 13.2. The summed E-state index contributed by atoms with van der Waals surface area (Å²) in [6, 6.07) is 2.02. The third-order valence-electron chi connectivity index (χ3n) is 2.52. The zero-order chi connectivity index (χ0) is 14.3. The van der Waals surface area contributed by atoms with Crippen LogP contribution in [0, 0.1) is 17.5 Å². The third-order valence-corrected chi connectivity index (χ3v) is 3.14. The molecule has 1 aromatic carbocycles. The SMILES string of the molecule is O=C(CBr)CCCCOCc1ccc(F)c(F)c1F. The van der Waals surface area contributed by atoms with Gasteiger partial charge >= 0.3 is 0 Å². The summed E-state index contributed by atoms with van der Waals surface area (Å²) < 4.78 is 44.0. The van der Waals surface area contributed by atoms with Crippen LogP contribution < -0.4 is 0 Å². The second-order valence-corrected chi connectivity index (χ2v) is 4.58. The molecule has 0 atom stereocenters. The van der Waals surface area contributed by atoms with Crippen molar-refractivity contribution >= 4 is 21.7 Å². The number of benzene rings is 1. The Bertz CT molecular complexity index is 438. The van der Waals surface area contributed by atoms with Crippen molar-refractivity contribution in [2.75, 3.05) is 11.9 Å². The van der Waals surface area contributed by atoms with E-state index in [2.05, 4.69) is 15.9 Å². The summed E-state index contributed by atoms with van der Waals surface area (Å²) in [7, 11) is 0. The maximum Gasteiger partial charge on any atom is 0.194 e. The van der Waals surface area contributed by atoms with Crippen molar-refractivity contribution in [1.29, 1.82) is 0 Å². The van der Waals surface area contributed by atoms with E-state index in [9.17, 15) is 18.0 Å². The quantitative estimate of drug-likeness (QED) is 0.410. The summed E-state index contributed by atoms with van der Waals surface area (Å²) in [5.74, 6) is -3.79. The van der Waals surface area contributed by atoms with Crippen molar-refractivity contribution in [2.24, 2.45) is 0 Å². The molecular weight excluding hydrogens is 325 g/mol. The number of alkyl halides is 1. The topological polar surface area (TPSA) is 26.3 Å². The Hall–Kier alpha value is -0.880. The van der Waals surface area contributed by atoms with E-state index in [0.29, 0.717) is 31.2 Å². The molecule has 0 spiro atoms. The van der Waals surface area contributed by atoms with E-state index < -0.39 is 17.5 Å². The first-order valence-corrected chi connectivity index (χ1v) is 6.96. The first-order valence-electron chi connectivity index (χ1n) is 5.84. The Morgan fingerprint density at radius 3 is 2.58 bits per heavy atom. The number of hydrogen-bond donors (Lipinski definition) is 0. The van der Waals surface area contributed by atoms with Crippen molar-refractivity contribution in [3.63, 3.8) is 0 Å². The first-order chi connectivity index (χ1) is 9.06. The molecule has 2 nitrogen and oxygen atoms in total. The predicted octanol–water partition coefficient (Wildman–Crippen LogP) is 3.75. The number of ether oxygens (including phenoxy) is 1. The van der Waals surface area contributed by atoms with Crippen molar-refractivity contribution in [3.8, 4) is 0 Å². The summed E-state index contributed by atoms with van der Waals surface area (Å²) in [4.78, 5) is 11.0. The lowest BCUT2D eigenvalue weighted by atomic mass is 10.2. The number of carbonyl (C=O) groups is 1. The molecule has 0 fully saturated rings. The molecule has 0 amide bonds. The number of halogens is 4.